The fraction of sp³-hybridized carbons (Fsp3) is 0.667. The molecule has 0 atom stereocenters. The Kier molecular flexibility index (Phi) is 11.6. The third-order valence-electron chi connectivity index (χ3n) is 5.39. The molecule has 1 saturated carbocycles. The van der Waals surface area contributed by atoms with Crippen LogP contribution in [-0.2, 0) is 6.54 Å². The van der Waals surface area contributed by atoms with E-state index in [2.05, 4.69) is 24.5 Å². The summed E-state index contributed by atoms with van der Waals surface area (Å²) in [4.78, 5) is 4.74. The van der Waals surface area contributed by atoms with Gasteiger partial charge in [-0.15, -0.1) is 24.0 Å². The Balaban J connectivity index is 0.00000392. The van der Waals surface area contributed by atoms with Gasteiger partial charge in [0.2, 0.25) is 0 Å². The van der Waals surface area contributed by atoms with Crippen molar-refractivity contribution in [3.63, 3.8) is 0 Å². The van der Waals surface area contributed by atoms with Crippen LogP contribution in [0.25, 0.3) is 0 Å². The van der Waals surface area contributed by atoms with Crippen molar-refractivity contribution < 1.29 is 14.6 Å². The van der Waals surface area contributed by atoms with Crippen LogP contribution < -0.4 is 20.1 Å². The van der Waals surface area contributed by atoms with Crippen molar-refractivity contribution in [2.24, 2.45) is 10.4 Å². The zero-order chi connectivity index (χ0) is 19.5. The SMILES string of the molecule is CCNC(=NCc1ccc(OCCO)c(OC)c1)NCC1(CC)CCCC1.I. The fourth-order valence-electron chi connectivity index (χ4n) is 3.65. The van der Waals surface area contributed by atoms with E-state index in [1.165, 1.54) is 32.1 Å². The molecule has 2 rings (SSSR count). The Morgan fingerprint density at radius 2 is 1.93 bits per heavy atom. The van der Waals surface area contributed by atoms with Gasteiger partial charge >= 0.3 is 0 Å². The van der Waals surface area contributed by atoms with E-state index in [1.54, 1.807) is 7.11 Å². The standard InChI is InChI=1S/C21H35N3O3.HI/c1-4-21(10-6-7-11-21)16-24-20(22-5-2)23-15-17-8-9-18(27-13-12-25)19(14-17)26-3;/h8-9,14,25H,4-7,10-13,15-16H2,1-3H3,(H2,22,23,24);1H. The number of ether oxygens (including phenoxy) is 2. The zero-order valence-electron chi connectivity index (χ0n) is 17.4. The maximum absolute atomic E-state index is 8.91. The van der Waals surface area contributed by atoms with Crippen molar-refractivity contribution in [2.75, 3.05) is 33.4 Å². The minimum atomic E-state index is -0.0217. The average Bonchev–Trinajstić information content (AvgIpc) is 3.18. The van der Waals surface area contributed by atoms with Gasteiger partial charge in [0.05, 0.1) is 20.3 Å². The summed E-state index contributed by atoms with van der Waals surface area (Å²) in [7, 11) is 1.62. The van der Waals surface area contributed by atoms with Crippen LogP contribution in [-0.4, -0.2) is 44.5 Å². The Hall–Kier alpha value is -1.22. The summed E-state index contributed by atoms with van der Waals surface area (Å²) in [5, 5.41) is 15.8. The topological polar surface area (TPSA) is 75.1 Å². The van der Waals surface area contributed by atoms with E-state index >= 15 is 0 Å². The number of halogens is 1. The molecular weight excluding hydrogens is 469 g/mol. The number of nitrogens with one attached hydrogen (secondary N) is 2. The molecule has 7 heteroatoms. The lowest BCUT2D eigenvalue weighted by Crippen LogP contribution is -2.42. The highest BCUT2D eigenvalue weighted by Crippen LogP contribution is 2.40. The van der Waals surface area contributed by atoms with E-state index in [9.17, 15) is 0 Å². The highest BCUT2D eigenvalue weighted by molar-refractivity contribution is 14.0. The number of hydrogen-bond donors (Lipinski definition) is 3. The smallest absolute Gasteiger partial charge is 0.191 e. The van der Waals surface area contributed by atoms with Gasteiger partial charge in [-0.2, -0.15) is 0 Å². The third-order valence-corrected chi connectivity index (χ3v) is 5.39. The molecule has 1 aliphatic carbocycles. The second-order valence-corrected chi connectivity index (χ2v) is 7.17. The number of aliphatic imine (C=N–C) groups is 1. The van der Waals surface area contributed by atoms with Crippen LogP contribution >= 0.6 is 24.0 Å². The van der Waals surface area contributed by atoms with E-state index in [-0.39, 0.29) is 37.2 Å². The van der Waals surface area contributed by atoms with Gasteiger partial charge in [-0.05, 0) is 49.3 Å². The van der Waals surface area contributed by atoms with Gasteiger partial charge in [0.15, 0.2) is 17.5 Å². The number of rotatable bonds is 10. The molecule has 0 amide bonds. The summed E-state index contributed by atoms with van der Waals surface area (Å²) < 4.78 is 10.9. The van der Waals surface area contributed by atoms with Crippen molar-refractivity contribution in [1.29, 1.82) is 0 Å². The number of methoxy groups -OCH3 is 1. The first-order valence-corrected chi connectivity index (χ1v) is 10.1. The predicted octanol–water partition coefficient (Wildman–Crippen LogP) is 3.71. The van der Waals surface area contributed by atoms with Crippen molar-refractivity contribution in [1.82, 2.24) is 10.6 Å². The number of aliphatic hydroxyl groups excluding tert-OH is 1. The highest BCUT2D eigenvalue weighted by Gasteiger charge is 2.31. The number of benzene rings is 1. The van der Waals surface area contributed by atoms with Crippen LogP contribution in [0.1, 0.15) is 51.5 Å². The van der Waals surface area contributed by atoms with E-state index in [1.807, 2.05) is 18.2 Å². The highest BCUT2D eigenvalue weighted by atomic mass is 127. The van der Waals surface area contributed by atoms with Crippen LogP contribution in [0.3, 0.4) is 0 Å². The average molecular weight is 505 g/mol. The monoisotopic (exact) mass is 505 g/mol. The van der Waals surface area contributed by atoms with Crippen LogP contribution in [0.5, 0.6) is 11.5 Å². The molecule has 0 bridgehead atoms. The van der Waals surface area contributed by atoms with E-state index in [0.29, 0.717) is 23.5 Å². The molecule has 0 unspecified atom stereocenters. The van der Waals surface area contributed by atoms with Crippen molar-refractivity contribution >= 4 is 29.9 Å². The van der Waals surface area contributed by atoms with Gasteiger partial charge in [0.25, 0.3) is 0 Å². The van der Waals surface area contributed by atoms with Gasteiger partial charge < -0.3 is 25.2 Å². The fourth-order valence-corrected chi connectivity index (χ4v) is 3.65. The molecule has 0 spiro atoms. The zero-order valence-corrected chi connectivity index (χ0v) is 19.8. The number of guanidine groups is 1. The van der Waals surface area contributed by atoms with Crippen molar-refractivity contribution in [3.8, 4) is 11.5 Å². The van der Waals surface area contributed by atoms with Gasteiger partial charge in [-0.1, -0.05) is 25.8 Å². The molecule has 160 valence electrons. The van der Waals surface area contributed by atoms with Crippen LogP contribution in [0.15, 0.2) is 23.2 Å². The van der Waals surface area contributed by atoms with E-state index < -0.39 is 0 Å². The molecular formula is C21H36IN3O3. The molecule has 6 nitrogen and oxygen atoms in total. The van der Waals surface area contributed by atoms with Gasteiger partial charge in [-0.3, -0.25) is 0 Å². The normalized spacial score (nSPS) is 15.6. The van der Waals surface area contributed by atoms with Crippen LogP contribution in [0, 0.1) is 5.41 Å². The summed E-state index contributed by atoms with van der Waals surface area (Å²) in [6.45, 7) is 6.98. The summed E-state index contributed by atoms with van der Waals surface area (Å²) in [6, 6.07) is 5.78. The summed E-state index contributed by atoms with van der Waals surface area (Å²) in [5.41, 5.74) is 1.47. The quantitative estimate of drug-likeness (QED) is 0.257. The second kappa shape index (κ2) is 13.1. The Morgan fingerprint density at radius 3 is 2.54 bits per heavy atom. The molecule has 0 heterocycles. The Labute approximate surface area is 186 Å². The molecule has 0 aromatic heterocycles. The molecule has 3 N–H and O–H groups in total. The first-order chi connectivity index (χ1) is 13.2. The van der Waals surface area contributed by atoms with E-state index in [4.69, 9.17) is 19.6 Å². The van der Waals surface area contributed by atoms with Crippen molar-refractivity contribution in [2.45, 2.75) is 52.5 Å². The summed E-state index contributed by atoms with van der Waals surface area (Å²) in [5.74, 6) is 2.15. The first-order valence-electron chi connectivity index (χ1n) is 10.1. The lowest BCUT2D eigenvalue weighted by atomic mass is 9.83. The number of hydrogen-bond acceptors (Lipinski definition) is 4. The maximum Gasteiger partial charge on any atom is 0.191 e. The predicted molar refractivity (Wildman–Crippen MR) is 125 cm³/mol. The molecule has 0 radical (unpaired) electrons. The molecule has 1 aromatic carbocycles. The molecule has 1 fully saturated rings. The van der Waals surface area contributed by atoms with Crippen LogP contribution in [0.4, 0.5) is 0 Å². The molecule has 0 saturated heterocycles. The minimum absolute atomic E-state index is 0. The van der Waals surface area contributed by atoms with Gasteiger partial charge in [0, 0.05) is 13.1 Å². The second-order valence-electron chi connectivity index (χ2n) is 7.17. The lowest BCUT2D eigenvalue weighted by Gasteiger charge is -2.28. The minimum Gasteiger partial charge on any atom is -0.493 e. The summed E-state index contributed by atoms with van der Waals surface area (Å²) >= 11 is 0. The lowest BCUT2D eigenvalue weighted by molar-refractivity contribution is 0.196. The molecule has 28 heavy (non-hydrogen) atoms. The Bertz CT molecular complexity index is 605. The number of aliphatic hydroxyl groups is 1. The largest absolute Gasteiger partial charge is 0.493 e. The van der Waals surface area contributed by atoms with Crippen LogP contribution in [0.2, 0.25) is 0 Å². The third kappa shape index (κ3) is 7.31. The number of nitrogens with zero attached hydrogens (tertiary/aromatic N) is 1. The van der Waals surface area contributed by atoms with E-state index in [0.717, 1.165) is 24.6 Å². The van der Waals surface area contributed by atoms with Gasteiger partial charge in [0.1, 0.15) is 6.61 Å². The molecule has 1 aromatic rings. The molecule has 1 aliphatic rings. The summed E-state index contributed by atoms with van der Waals surface area (Å²) in [6.07, 6.45) is 6.51. The maximum atomic E-state index is 8.91. The first kappa shape index (κ1) is 24.8. The molecule has 0 aliphatic heterocycles. The van der Waals surface area contributed by atoms with Crippen molar-refractivity contribution in [3.05, 3.63) is 23.8 Å². The van der Waals surface area contributed by atoms with Gasteiger partial charge in [-0.25, -0.2) is 4.99 Å². The Morgan fingerprint density at radius 1 is 1.18 bits per heavy atom.